The second-order valence-electron chi connectivity index (χ2n) is 3.92. The summed E-state index contributed by atoms with van der Waals surface area (Å²) in [7, 11) is 1.11. The van der Waals surface area contributed by atoms with Crippen molar-refractivity contribution in [2.75, 3.05) is 7.11 Å². The highest BCUT2D eigenvalue weighted by atomic mass is 19.1. The number of carbonyl (C=O) groups excluding carboxylic acids is 2. The Hall–Kier alpha value is -1.91. The van der Waals surface area contributed by atoms with Gasteiger partial charge in [0.15, 0.2) is 0 Å². The minimum Gasteiger partial charge on any atom is -0.467 e. The first-order valence-corrected chi connectivity index (χ1v) is 5.57. The smallest absolute Gasteiger partial charge is 0.342 e. The Labute approximate surface area is 105 Å². The number of methoxy groups -OCH3 is 1. The normalized spacial score (nSPS) is 13.5. The summed E-state index contributed by atoms with van der Waals surface area (Å²) in [6, 6.07) is 8.15. The average Bonchev–Trinajstić information content (AvgIpc) is 2.37. The molecule has 18 heavy (non-hydrogen) atoms. The van der Waals surface area contributed by atoms with Gasteiger partial charge in [0.25, 0.3) is 0 Å². The van der Waals surface area contributed by atoms with Crippen molar-refractivity contribution in [2.45, 2.75) is 25.6 Å². The van der Waals surface area contributed by atoms with Crippen molar-refractivity contribution in [1.82, 2.24) is 5.32 Å². The second kappa shape index (κ2) is 6.74. The first-order chi connectivity index (χ1) is 8.54. The zero-order valence-corrected chi connectivity index (χ0v) is 10.4. The predicted molar refractivity (Wildman–Crippen MR) is 64.7 cm³/mol. The maximum atomic E-state index is 13.8. The fourth-order valence-electron chi connectivity index (χ4n) is 1.63. The third-order valence-electron chi connectivity index (χ3n) is 2.47. The van der Waals surface area contributed by atoms with Crippen LogP contribution < -0.4 is 5.32 Å². The van der Waals surface area contributed by atoms with Gasteiger partial charge in [0.1, 0.15) is 0 Å². The van der Waals surface area contributed by atoms with Gasteiger partial charge >= 0.3 is 5.97 Å². The number of hydrogen-bond acceptors (Lipinski definition) is 3. The third-order valence-corrected chi connectivity index (χ3v) is 2.47. The molecule has 1 aromatic carbocycles. The molecule has 0 aromatic heterocycles. The molecule has 1 amide bonds. The van der Waals surface area contributed by atoms with Crippen molar-refractivity contribution in [3.05, 3.63) is 35.9 Å². The van der Waals surface area contributed by atoms with Crippen LogP contribution in [0.15, 0.2) is 30.3 Å². The Kier molecular flexibility index (Phi) is 5.30. The highest BCUT2D eigenvalue weighted by molar-refractivity contribution is 5.78. The number of carbonyl (C=O) groups is 2. The standard InChI is InChI=1S/C13H16FNO3/c1-9(16)15-11(12(14)13(17)18-2)8-10-6-4-3-5-7-10/h3-7,11-12H,8H2,1-2H3,(H,15,16)/t11-,12?/m0/s1. The Bertz CT molecular complexity index is 408. The summed E-state index contributed by atoms with van der Waals surface area (Å²) in [6.07, 6.45) is -1.64. The fourth-order valence-corrected chi connectivity index (χ4v) is 1.63. The summed E-state index contributed by atoms with van der Waals surface area (Å²) in [6.45, 7) is 1.28. The molecule has 0 spiro atoms. The molecule has 0 fully saturated rings. The van der Waals surface area contributed by atoms with Gasteiger partial charge in [-0.25, -0.2) is 9.18 Å². The van der Waals surface area contributed by atoms with Gasteiger partial charge in [-0.2, -0.15) is 0 Å². The minimum absolute atomic E-state index is 0.233. The highest BCUT2D eigenvalue weighted by Crippen LogP contribution is 2.10. The monoisotopic (exact) mass is 253 g/mol. The minimum atomic E-state index is -1.88. The molecule has 5 heteroatoms. The van der Waals surface area contributed by atoms with Gasteiger partial charge in [-0.05, 0) is 12.0 Å². The number of esters is 1. The van der Waals surface area contributed by atoms with Crippen LogP contribution >= 0.6 is 0 Å². The van der Waals surface area contributed by atoms with E-state index in [9.17, 15) is 14.0 Å². The molecule has 0 aliphatic carbocycles. The van der Waals surface area contributed by atoms with Gasteiger partial charge in [-0.1, -0.05) is 30.3 Å². The summed E-state index contributed by atoms with van der Waals surface area (Å²) < 4.78 is 18.2. The molecule has 0 heterocycles. The van der Waals surface area contributed by atoms with Crippen molar-refractivity contribution < 1.29 is 18.7 Å². The number of amides is 1. The van der Waals surface area contributed by atoms with Gasteiger partial charge in [0.05, 0.1) is 13.2 Å². The maximum Gasteiger partial charge on any atom is 0.342 e. The topological polar surface area (TPSA) is 55.4 Å². The zero-order chi connectivity index (χ0) is 13.5. The first-order valence-electron chi connectivity index (χ1n) is 5.57. The van der Waals surface area contributed by atoms with E-state index >= 15 is 0 Å². The molecule has 2 atom stereocenters. The van der Waals surface area contributed by atoms with Gasteiger partial charge in [-0.15, -0.1) is 0 Å². The molecule has 1 aromatic rings. The van der Waals surface area contributed by atoms with Crippen LogP contribution in [0.5, 0.6) is 0 Å². The maximum absolute atomic E-state index is 13.8. The Morgan fingerprint density at radius 2 is 1.94 bits per heavy atom. The van der Waals surface area contributed by atoms with Crippen LogP contribution in [0, 0.1) is 0 Å². The zero-order valence-electron chi connectivity index (χ0n) is 10.4. The summed E-state index contributed by atoms with van der Waals surface area (Å²) >= 11 is 0. The van der Waals surface area contributed by atoms with E-state index in [4.69, 9.17) is 0 Å². The van der Waals surface area contributed by atoms with E-state index in [0.29, 0.717) is 0 Å². The van der Waals surface area contributed by atoms with E-state index in [1.807, 2.05) is 18.2 Å². The van der Waals surface area contributed by atoms with Crippen LogP contribution in [0.3, 0.4) is 0 Å². The Balaban J connectivity index is 2.78. The lowest BCUT2D eigenvalue weighted by Gasteiger charge is -2.20. The number of nitrogens with one attached hydrogen (secondary N) is 1. The van der Waals surface area contributed by atoms with E-state index < -0.39 is 18.2 Å². The van der Waals surface area contributed by atoms with Crippen molar-refractivity contribution in [3.63, 3.8) is 0 Å². The molecule has 0 radical (unpaired) electrons. The average molecular weight is 253 g/mol. The van der Waals surface area contributed by atoms with Crippen molar-refractivity contribution >= 4 is 11.9 Å². The molecule has 98 valence electrons. The van der Waals surface area contributed by atoms with E-state index in [1.165, 1.54) is 6.92 Å². The van der Waals surface area contributed by atoms with Crippen molar-refractivity contribution in [1.29, 1.82) is 0 Å². The van der Waals surface area contributed by atoms with Crippen LogP contribution in [0.25, 0.3) is 0 Å². The predicted octanol–water partition coefficient (Wildman–Crippen LogP) is 1.24. The van der Waals surface area contributed by atoms with Gasteiger partial charge < -0.3 is 10.1 Å². The highest BCUT2D eigenvalue weighted by Gasteiger charge is 2.29. The molecule has 1 rings (SSSR count). The summed E-state index contributed by atoms with van der Waals surface area (Å²) in [4.78, 5) is 22.2. The Morgan fingerprint density at radius 3 is 2.44 bits per heavy atom. The van der Waals surface area contributed by atoms with Crippen LogP contribution in [0.2, 0.25) is 0 Å². The molecule has 1 N–H and O–H groups in total. The molecular formula is C13H16FNO3. The van der Waals surface area contributed by atoms with Gasteiger partial charge in [0.2, 0.25) is 12.1 Å². The van der Waals surface area contributed by atoms with Crippen LogP contribution in [0.4, 0.5) is 4.39 Å². The van der Waals surface area contributed by atoms with E-state index in [0.717, 1.165) is 12.7 Å². The summed E-state index contributed by atoms with van der Waals surface area (Å²) in [5.41, 5.74) is 0.836. The van der Waals surface area contributed by atoms with Crippen LogP contribution in [-0.2, 0) is 20.7 Å². The lowest BCUT2D eigenvalue weighted by atomic mass is 10.0. The Morgan fingerprint density at radius 1 is 1.33 bits per heavy atom. The number of halogens is 1. The molecule has 4 nitrogen and oxygen atoms in total. The lowest BCUT2D eigenvalue weighted by molar-refractivity contribution is -0.147. The molecule has 0 saturated heterocycles. The second-order valence-corrected chi connectivity index (χ2v) is 3.92. The van der Waals surface area contributed by atoms with Crippen molar-refractivity contribution in [2.24, 2.45) is 0 Å². The summed E-state index contributed by atoms with van der Waals surface area (Å²) in [5, 5.41) is 2.43. The molecular weight excluding hydrogens is 237 g/mol. The van der Waals surface area contributed by atoms with E-state index in [1.54, 1.807) is 12.1 Å². The number of rotatable bonds is 5. The number of ether oxygens (including phenoxy) is 1. The van der Waals surface area contributed by atoms with E-state index in [2.05, 4.69) is 10.1 Å². The summed E-state index contributed by atoms with van der Waals surface area (Å²) in [5.74, 6) is -1.37. The molecule has 0 saturated carbocycles. The molecule has 0 aliphatic rings. The molecule has 0 bridgehead atoms. The third kappa shape index (κ3) is 4.16. The van der Waals surface area contributed by atoms with Crippen LogP contribution in [-0.4, -0.2) is 31.2 Å². The fraction of sp³-hybridized carbons (Fsp3) is 0.385. The first kappa shape index (κ1) is 14.2. The quantitative estimate of drug-likeness (QED) is 0.803. The lowest BCUT2D eigenvalue weighted by Crippen LogP contribution is -2.45. The largest absolute Gasteiger partial charge is 0.467 e. The van der Waals surface area contributed by atoms with Gasteiger partial charge in [0, 0.05) is 6.92 Å². The molecule has 1 unspecified atom stereocenters. The SMILES string of the molecule is COC(=O)C(F)[C@H](Cc1ccccc1)NC(C)=O. The number of benzene rings is 1. The van der Waals surface area contributed by atoms with Crippen LogP contribution in [0.1, 0.15) is 12.5 Å². The van der Waals surface area contributed by atoms with E-state index in [-0.39, 0.29) is 12.3 Å². The van der Waals surface area contributed by atoms with Crippen molar-refractivity contribution in [3.8, 4) is 0 Å². The van der Waals surface area contributed by atoms with Gasteiger partial charge in [-0.3, -0.25) is 4.79 Å². The number of hydrogen-bond donors (Lipinski definition) is 1. The molecule has 0 aliphatic heterocycles. The number of alkyl halides is 1.